The molecule has 8 heteroatoms. The monoisotopic (exact) mass is 394 g/mol. The maximum atomic E-state index is 12.8. The number of fused-ring (bicyclic) bond motifs is 1. The van der Waals surface area contributed by atoms with Crippen molar-refractivity contribution in [2.75, 3.05) is 7.11 Å². The molecule has 0 unspecified atom stereocenters. The van der Waals surface area contributed by atoms with Gasteiger partial charge in [0.05, 0.1) is 18.2 Å². The summed E-state index contributed by atoms with van der Waals surface area (Å²) in [5, 5.41) is 0.493. The van der Waals surface area contributed by atoms with E-state index in [1.54, 1.807) is 18.2 Å². The van der Waals surface area contributed by atoms with Crippen LogP contribution >= 0.6 is 15.9 Å². The number of hydrogen-bond donors (Lipinski definition) is 0. The molecule has 0 spiro atoms. The molecule has 6 nitrogen and oxygen atoms in total. The topological polar surface area (TPSA) is 78.3 Å². The van der Waals surface area contributed by atoms with E-state index < -0.39 is 16.0 Å². The minimum atomic E-state index is -3.88. The molecular formula is C15H11BrN2O4S. The van der Waals surface area contributed by atoms with Crippen LogP contribution in [-0.4, -0.2) is 30.5 Å². The van der Waals surface area contributed by atoms with Crippen LogP contribution in [0.3, 0.4) is 0 Å². The minimum Gasteiger partial charge on any atom is -0.465 e. The summed E-state index contributed by atoms with van der Waals surface area (Å²) in [5.41, 5.74) is 0.561. The second-order valence-corrected chi connectivity index (χ2v) is 7.42. The Morgan fingerprint density at radius 1 is 1.30 bits per heavy atom. The lowest BCUT2D eigenvalue weighted by atomic mass is 10.2. The van der Waals surface area contributed by atoms with E-state index in [1.165, 1.54) is 37.8 Å². The first kappa shape index (κ1) is 15.7. The van der Waals surface area contributed by atoms with Crippen LogP contribution in [0.2, 0.25) is 0 Å². The molecule has 118 valence electrons. The first-order valence-electron chi connectivity index (χ1n) is 6.49. The van der Waals surface area contributed by atoms with Gasteiger partial charge in [-0.1, -0.05) is 22.0 Å². The molecule has 0 N–H and O–H groups in total. The zero-order chi connectivity index (χ0) is 16.6. The van der Waals surface area contributed by atoms with Gasteiger partial charge in [0.1, 0.15) is 4.90 Å². The lowest BCUT2D eigenvalue weighted by Gasteiger charge is -2.07. The highest BCUT2D eigenvalue weighted by atomic mass is 79.9. The highest BCUT2D eigenvalue weighted by Crippen LogP contribution is 2.28. The Morgan fingerprint density at radius 3 is 2.74 bits per heavy atom. The number of halogens is 1. The minimum absolute atomic E-state index is 0.0355. The third kappa shape index (κ3) is 2.64. The second kappa shape index (κ2) is 5.78. The Hall–Kier alpha value is -2.19. The number of carbonyl (C=O) groups is 1. The summed E-state index contributed by atoms with van der Waals surface area (Å²) in [6.07, 6.45) is 4.02. The zero-order valence-corrected chi connectivity index (χ0v) is 14.3. The molecule has 23 heavy (non-hydrogen) atoms. The van der Waals surface area contributed by atoms with Gasteiger partial charge in [-0.25, -0.2) is 17.2 Å². The molecule has 0 bridgehead atoms. The molecular weight excluding hydrogens is 384 g/mol. The molecule has 0 atom stereocenters. The highest BCUT2D eigenvalue weighted by Gasteiger charge is 2.24. The smallest absolute Gasteiger partial charge is 0.340 e. The van der Waals surface area contributed by atoms with Crippen molar-refractivity contribution in [1.82, 2.24) is 8.96 Å². The molecule has 0 amide bonds. The number of nitrogens with zero attached hydrogens (tertiary/aromatic N) is 2. The van der Waals surface area contributed by atoms with Crippen molar-refractivity contribution in [2.45, 2.75) is 4.90 Å². The third-order valence-electron chi connectivity index (χ3n) is 3.33. The SMILES string of the molecule is COC(=O)c1cn(S(=O)(=O)c2cccnc2)c2cc(Br)ccc12. The van der Waals surface area contributed by atoms with Gasteiger partial charge in [-0.3, -0.25) is 4.98 Å². The summed E-state index contributed by atoms with van der Waals surface area (Å²) in [7, 11) is -2.63. The normalized spacial score (nSPS) is 11.6. The van der Waals surface area contributed by atoms with Gasteiger partial charge in [-0.2, -0.15) is 0 Å². The van der Waals surface area contributed by atoms with Crippen molar-refractivity contribution >= 4 is 42.8 Å². The highest BCUT2D eigenvalue weighted by molar-refractivity contribution is 9.10. The number of aromatic nitrogens is 2. The van der Waals surface area contributed by atoms with E-state index in [2.05, 4.69) is 20.9 Å². The fraction of sp³-hybridized carbons (Fsp3) is 0.0667. The lowest BCUT2D eigenvalue weighted by Crippen LogP contribution is -2.12. The molecule has 2 heterocycles. The second-order valence-electron chi connectivity index (χ2n) is 4.69. The van der Waals surface area contributed by atoms with Crippen molar-refractivity contribution in [2.24, 2.45) is 0 Å². The number of rotatable bonds is 3. The van der Waals surface area contributed by atoms with E-state index in [-0.39, 0.29) is 10.5 Å². The maximum absolute atomic E-state index is 12.8. The van der Waals surface area contributed by atoms with Crippen molar-refractivity contribution in [3.05, 3.63) is 59.0 Å². The van der Waals surface area contributed by atoms with Gasteiger partial charge in [-0.05, 0) is 24.3 Å². The lowest BCUT2D eigenvalue weighted by molar-refractivity contribution is 0.0603. The van der Waals surface area contributed by atoms with E-state index in [9.17, 15) is 13.2 Å². The number of benzene rings is 1. The van der Waals surface area contributed by atoms with E-state index >= 15 is 0 Å². The fourth-order valence-corrected chi connectivity index (χ4v) is 3.93. The van der Waals surface area contributed by atoms with Crippen LogP contribution in [0.4, 0.5) is 0 Å². The fourth-order valence-electron chi connectivity index (χ4n) is 2.26. The predicted molar refractivity (Wildman–Crippen MR) is 87.8 cm³/mol. The Kier molecular flexibility index (Phi) is 3.95. The molecule has 0 radical (unpaired) electrons. The van der Waals surface area contributed by atoms with Crippen LogP contribution in [0.1, 0.15) is 10.4 Å². The standard InChI is InChI=1S/C15H11BrN2O4S/c1-22-15(19)13-9-18(14-7-10(16)4-5-12(13)14)23(20,21)11-3-2-6-17-8-11/h2-9H,1H3. The summed E-state index contributed by atoms with van der Waals surface area (Å²) in [4.78, 5) is 15.8. The first-order valence-corrected chi connectivity index (χ1v) is 8.73. The molecule has 3 aromatic rings. The van der Waals surface area contributed by atoms with Gasteiger partial charge in [-0.15, -0.1) is 0 Å². The molecule has 0 aliphatic rings. The zero-order valence-electron chi connectivity index (χ0n) is 11.9. The molecule has 0 fully saturated rings. The molecule has 3 rings (SSSR count). The average molecular weight is 395 g/mol. The summed E-state index contributed by atoms with van der Waals surface area (Å²) in [5.74, 6) is -0.600. The third-order valence-corrected chi connectivity index (χ3v) is 5.48. The summed E-state index contributed by atoms with van der Waals surface area (Å²) >= 11 is 3.32. The summed E-state index contributed by atoms with van der Waals surface area (Å²) < 4.78 is 32.2. The molecule has 2 aromatic heterocycles. The van der Waals surface area contributed by atoms with Gasteiger partial charge in [0.15, 0.2) is 0 Å². The van der Waals surface area contributed by atoms with Gasteiger partial charge in [0.2, 0.25) is 0 Å². The average Bonchev–Trinajstić information content (AvgIpc) is 2.94. The van der Waals surface area contributed by atoms with Gasteiger partial charge in [0, 0.05) is 28.4 Å². The Morgan fingerprint density at radius 2 is 2.09 bits per heavy atom. The van der Waals surface area contributed by atoms with Crippen molar-refractivity contribution in [3.8, 4) is 0 Å². The first-order chi connectivity index (χ1) is 10.9. The van der Waals surface area contributed by atoms with E-state index in [0.717, 1.165) is 3.97 Å². The summed E-state index contributed by atoms with van der Waals surface area (Å²) in [6, 6.07) is 8.02. The number of methoxy groups -OCH3 is 1. The molecule has 0 saturated carbocycles. The quantitative estimate of drug-likeness (QED) is 0.638. The molecule has 0 saturated heterocycles. The van der Waals surface area contributed by atoms with Gasteiger partial charge < -0.3 is 4.74 Å². The summed E-state index contributed by atoms with van der Waals surface area (Å²) in [6.45, 7) is 0. The number of hydrogen-bond acceptors (Lipinski definition) is 5. The van der Waals surface area contributed by atoms with Crippen LogP contribution in [0, 0.1) is 0 Å². The number of esters is 1. The van der Waals surface area contributed by atoms with Crippen molar-refractivity contribution in [1.29, 1.82) is 0 Å². The Labute approximate surface area is 140 Å². The van der Waals surface area contributed by atoms with E-state index in [0.29, 0.717) is 15.4 Å². The predicted octanol–water partition coefficient (Wildman–Crippen LogP) is 2.82. The van der Waals surface area contributed by atoms with Crippen LogP contribution < -0.4 is 0 Å². The van der Waals surface area contributed by atoms with Crippen LogP contribution in [0.15, 0.2) is 58.3 Å². The van der Waals surface area contributed by atoms with Gasteiger partial charge >= 0.3 is 5.97 Å². The Bertz CT molecular complexity index is 997. The Balaban J connectivity index is 2.34. The number of pyridine rings is 1. The van der Waals surface area contributed by atoms with Crippen LogP contribution in [0.25, 0.3) is 10.9 Å². The van der Waals surface area contributed by atoms with Crippen molar-refractivity contribution < 1.29 is 17.9 Å². The van der Waals surface area contributed by atoms with Gasteiger partial charge in [0.25, 0.3) is 10.0 Å². The molecule has 0 aliphatic heterocycles. The molecule has 0 aliphatic carbocycles. The number of ether oxygens (including phenoxy) is 1. The number of carbonyl (C=O) groups excluding carboxylic acids is 1. The molecule has 1 aromatic carbocycles. The van der Waals surface area contributed by atoms with E-state index in [1.807, 2.05) is 0 Å². The van der Waals surface area contributed by atoms with E-state index in [4.69, 9.17) is 4.74 Å². The van der Waals surface area contributed by atoms with Crippen molar-refractivity contribution in [3.63, 3.8) is 0 Å². The largest absolute Gasteiger partial charge is 0.465 e. The van der Waals surface area contributed by atoms with Crippen LogP contribution in [-0.2, 0) is 14.8 Å². The van der Waals surface area contributed by atoms with Crippen LogP contribution in [0.5, 0.6) is 0 Å². The maximum Gasteiger partial charge on any atom is 0.340 e.